The fourth-order valence-electron chi connectivity index (χ4n) is 3.67. The third kappa shape index (κ3) is 3.73. The molecule has 0 aromatic heterocycles. The van der Waals surface area contributed by atoms with E-state index in [9.17, 15) is 10.0 Å². The van der Waals surface area contributed by atoms with Crippen molar-refractivity contribution in [3.8, 4) is 0 Å². The third-order valence-corrected chi connectivity index (χ3v) is 5.00. The number of hydrogen-bond acceptors (Lipinski definition) is 3. The van der Waals surface area contributed by atoms with Crippen LogP contribution in [0.2, 0.25) is 0 Å². The minimum atomic E-state index is -0.335. The molecule has 2 aliphatic rings. The van der Waals surface area contributed by atoms with Gasteiger partial charge in [0.1, 0.15) is 0 Å². The monoisotopic (exact) mass is 282 g/mol. The molecule has 4 heteroatoms. The summed E-state index contributed by atoms with van der Waals surface area (Å²) in [6.07, 6.45) is 7.68. The number of piperazine rings is 1. The van der Waals surface area contributed by atoms with Gasteiger partial charge in [-0.05, 0) is 26.2 Å². The van der Waals surface area contributed by atoms with Crippen molar-refractivity contribution >= 4 is 5.91 Å². The number of rotatable bonds is 3. The van der Waals surface area contributed by atoms with Crippen LogP contribution in [-0.2, 0) is 4.79 Å². The van der Waals surface area contributed by atoms with Gasteiger partial charge in [-0.1, -0.05) is 39.0 Å². The van der Waals surface area contributed by atoms with Gasteiger partial charge in [0, 0.05) is 25.6 Å². The summed E-state index contributed by atoms with van der Waals surface area (Å²) < 4.78 is 0. The van der Waals surface area contributed by atoms with Gasteiger partial charge < -0.3 is 10.1 Å². The summed E-state index contributed by atoms with van der Waals surface area (Å²) >= 11 is 0. The molecule has 0 radical (unpaired) electrons. The van der Waals surface area contributed by atoms with Crippen LogP contribution >= 0.6 is 0 Å². The van der Waals surface area contributed by atoms with E-state index in [0.717, 1.165) is 12.3 Å². The lowest BCUT2D eigenvalue weighted by Crippen LogP contribution is -2.59. The number of carbonyl (C=O) groups is 1. The molecule has 0 unspecified atom stereocenters. The van der Waals surface area contributed by atoms with Crippen molar-refractivity contribution in [2.75, 3.05) is 19.6 Å². The van der Waals surface area contributed by atoms with Crippen LogP contribution in [0.15, 0.2) is 0 Å². The van der Waals surface area contributed by atoms with Crippen molar-refractivity contribution in [1.29, 1.82) is 0 Å². The van der Waals surface area contributed by atoms with Crippen LogP contribution in [0.5, 0.6) is 0 Å². The van der Waals surface area contributed by atoms with E-state index in [1.807, 2.05) is 18.7 Å². The highest BCUT2D eigenvalue weighted by molar-refractivity contribution is 5.78. The average molecular weight is 282 g/mol. The molecule has 1 saturated heterocycles. The molecule has 1 atom stereocenters. The van der Waals surface area contributed by atoms with Crippen LogP contribution < -0.4 is 0 Å². The van der Waals surface area contributed by atoms with Crippen molar-refractivity contribution in [3.63, 3.8) is 0 Å². The summed E-state index contributed by atoms with van der Waals surface area (Å²) in [5.74, 6) is 1.14. The van der Waals surface area contributed by atoms with Crippen LogP contribution in [0, 0.1) is 11.8 Å². The second kappa shape index (κ2) is 6.44. The van der Waals surface area contributed by atoms with E-state index in [-0.39, 0.29) is 17.4 Å². The number of carbonyl (C=O) groups excluding carboxylic acids is 1. The summed E-state index contributed by atoms with van der Waals surface area (Å²) in [5.41, 5.74) is -0.335. The Morgan fingerprint density at radius 1 is 1.25 bits per heavy atom. The number of nitrogens with zero attached hydrogens (tertiary/aromatic N) is 2. The van der Waals surface area contributed by atoms with Crippen molar-refractivity contribution in [2.45, 2.75) is 64.8 Å². The standard InChI is InChI=1S/C16H30N2O2/c1-13(11-14-7-5-4-6-8-14)15(19)17-9-10-18(20)16(2,3)12-17/h13-14,20H,4-12H2,1-3H3/t13-/m1/s1. The molecule has 2 fully saturated rings. The van der Waals surface area contributed by atoms with E-state index in [1.165, 1.54) is 37.2 Å². The van der Waals surface area contributed by atoms with Gasteiger partial charge in [-0.25, -0.2) is 0 Å². The first-order valence-corrected chi connectivity index (χ1v) is 8.15. The van der Waals surface area contributed by atoms with Gasteiger partial charge in [0.15, 0.2) is 0 Å². The summed E-state index contributed by atoms with van der Waals surface area (Å²) in [6, 6.07) is 0. The van der Waals surface area contributed by atoms with Crippen molar-refractivity contribution in [3.05, 3.63) is 0 Å². The number of amides is 1. The lowest BCUT2D eigenvalue weighted by molar-refractivity contribution is -0.194. The molecule has 116 valence electrons. The third-order valence-electron chi connectivity index (χ3n) is 5.00. The SMILES string of the molecule is C[C@H](CC1CCCCC1)C(=O)N1CCN(O)C(C)(C)C1. The van der Waals surface area contributed by atoms with Crippen LogP contribution in [0.4, 0.5) is 0 Å². The first kappa shape index (κ1) is 15.8. The molecule has 1 N–H and O–H groups in total. The molecule has 0 aromatic rings. The zero-order chi connectivity index (χ0) is 14.8. The zero-order valence-electron chi connectivity index (χ0n) is 13.3. The molecular formula is C16H30N2O2. The Labute approximate surface area is 123 Å². The number of hydroxylamine groups is 2. The molecule has 4 nitrogen and oxygen atoms in total. The zero-order valence-corrected chi connectivity index (χ0v) is 13.3. The Kier molecular flexibility index (Phi) is 5.08. The van der Waals surface area contributed by atoms with Gasteiger partial charge in [-0.2, -0.15) is 5.06 Å². The van der Waals surface area contributed by atoms with Crippen molar-refractivity contribution in [2.24, 2.45) is 11.8 Å². The predicted molar refractivity (Wildman–Crippen MR) is 79.5 cm³/mol. The Balaban J connectivity index is 1.86. The van der Waals surface area contributed by atoms with Gasteiger partial charge in [-0.15, -0.1) is 0 Å². The van der Waals surface area contributed by atoms with Gasteiger partial charge in [-0.3, -0.25) is 4.79 Å². The molecule has 2 rings (SSSR count). The average Bonchev–Trinajstić information content (AvgIpc) is 2.42. The lowest BCUT2D eigenvalue weighted by atomic mass is 9.83. The smallest absolute Gasteiger partial charge is 0.225 e. The van der Waals surface area contributed by atoms with E-state index >= 15 is 0 Å². The predicted octanol–water partition coefficient (Wildman–Crippen LogP) is 2.90. The Morgan fingerprint density at radius 3 is 2.50 bits per heavy atom. The molecular weight excluding hydrogens is 252 g/mol. The van der Waals surface area contributed by atoms with E-state index in [1.54, 1.807) is 0 Å². The van der Waals surface area contributed by atoms with E-state index in [4.69, 9.17) is 0 Å². The maximum Gasteiger partial charge on any atom is 0.225 e. The second-order valence-electron chi connectivity index (χ2n) is 7.34. The molecule has 1 amide bonds. The summed E-state index contributed by atoms with van der Waals surface area (Å²) in [5, 5.41) is 11.2. The normalized spacial score (nSPS) is 26.5. The summed E-state index contributed by atoms with van der Waals surface area (Å²) in [7, 11) is 0. The van der Waals surface area contributed by atoms with E-state index in [2.05, 4.69) is 6.92 Å². The highest BCUT2D eigenvalue weighted by Gasteiger charge is 2.36. The molecule has 1 heterocycles. The maximum atomic E-state index is 12.6. The fourth-order valence-corrected chi connectivity index (χ4v) is 3.67. The molecule has 0 bridgehead atoms. The van der Waals surface area contributed by atoms with Crippen LogP contribution in [0.25, 0.3) is 0 Å². The minimum absolute atomic E-state index is 0.124. The molecule has 20 heavy (non-hydrogen) atoms. The van der Waals surface area contributed by atoms with Gasteiger partial charge >= 0.3 is 0 Å². The first-order valence-electron chi connectivity index (χ1n) is 8.15. The van der Waals surface area contributed by atoms with E-state index < -0.39 is 0 Å². The molecule has 1 saturated carbocycles. The highest BCUT2D eigenvalue weighted by atomic mass is 16.5. The highest BCUT2D eigenvalue weighted by Crippen LogP contribution is 2.30. The maximum absolute atomic E-state index is 12.6. The fraction of sp³-hybridized carbons (Fsp3) is 0.938. The van der Waals surface area contributed by atoms with Gasteiger partial charge in [0.25, 0.3) is 0 Å². The topological polar surface area (TPSA) is 43.8 Å². The minimum Gasteiger partial charge on any atom is -0.339 e. The Hall–Kier alpha value is -0.610. The van der Waals surface area contributed by atoms with Crippen molar-refractivity contribution in [1.82, 2.24) is 9.96 Å². The van der Waals surface area contributed by atoms with Crippen LogP contribution in [0.1, 0.15) is 59.3 Å². The van der Waals surface area contributed by atoms with Gasteiger partial charge in [0.05, 0.1) is 5.54 Å². The summed E-state index contributed by atoms with van der Waals surface area (Å²) in [6.45, 7) is 7.87. The van der Waals surface area contributed by atoms with Crippen LogP contribution in [0.3, 0.4) is 0 Å². The second-order valence-corrected chi connectivity index (χ2v) is 7.34. The molecule has 0 aromatic carbocycles. The quantitative estimate of drug-likeness (QED) is 0.865. The first-order chi connectivity index (χ1) is 9.40. The Morgan fingerprint density at radius 2 is 1.90 bits per heavy atom. The van der Waals surface area contributed by atoms with Crippen LogP contribution in [-0.4, -0.2) is 46.3 Å². The summed E-state index contributed by atoms with van der Waals surface area (Å²) in [4.78, 5) is 14.5. The Bertz CT molecular complexity index is 337. The molecule has 1 aliphatic carbocycles. The number of hydrogen-bond donors (Lipinski definition) is 1. The lowest BCUT2D eigenvalue weighted by Gasteiger charge is -2.44. The largest absolute Gasteiger partial charge is 0.339 e. The molecule has 1 aliphatic heterocycles. The van der Waals surface area contributed by atoms with Gasteiger partial charge in [0.2, 0.25) is 5.91 Å². The van der Waals surface area contributed by atoms with E-state index in [0.29, 0.717) is 19.6 Å². The molecule has 0 spiro atoms. The van der Waals surface area contributed by atoms with Crippen molar-refractivity contribution < 1.29 is 10.0 Å².